The van der Waals surface area contributed by atoms with Gasteiger partial charge in [-0.3, -0.25) is 19.4 Å². The monoisotopic (exact) mass is 647 g/mol. The van der Waals surface area contributed by atoms with Crippen LogP contribution in [0.15, 0.2) is 66.9 Å². The number of morpholine rings is 1. The van der Waals surface area contributed by atoms with Crippen LogP contribution in [0.25, 0.3) is 17.0 Å². The number of likely N-dealkylation sites (N-methyl/N-ethyl adjacent to an activating group) is 1. The fourth-order valence-electron chi connectivity index (χ4n) is 4.67. The van der Waals surface area contributed by atoms with Crippen molar-refractivity contribution in [2.75, 3.05) is 44.8 Å². The number of nitrogens with zero attached hydrogens (tertiary/aromatic N) is 4. The van der Waals surface area contributed by atoms with Gasteiger partial charge >= 0.3 is 0 Å². The summed E-state index contributed by atoms with van der Waals surface area (Å²) in [5, 5.41) is 4.17. The van der Waals surface area contributed by atoms with Crippen LogP contribution >= 0.6 is 23.2 Å². The number of pyridine rings is 2. The summed E-state index contributed by atoms with van der Waals surface area (Å²) in [7, 11) is 1.56. The number of carbonyl (C=O) groups is 3. The Morgan fingerprint density at radius 2 is 1.87 bits per heavy atom. The van der Waals surface area contributed by atoms with E-state index in [2.05, 4.69) is 15.3 Å². The molecule has 1 N–H and O–H groups in total. The molecule has 0 bridgehead atoms. The zero-order chi connectivity index (χ0) is 31.9. The van der Waals surface area contributed by atoms with Gasteiger partial charge in [-0.1, -0.05) is 47.5 Å². The van der Waals surface area contributed by atoms with Crippen LogP contribution in [0.4, 0.5) is 5.69 Å². The van der Waals surface area contributed by atoms with E-state index < -0.39 is 11.8 Å². The first-order chi connectivity index (χ1) is 21.7. The summed E-state index contributed by atoms with van der Waals surface area (Å²) in [6.45, 7) is 3.77. The maximum absolute atomic E-state index is 13.0. The summed E-state index contributed by atoms with van der Waals surface area (Å²) in [6.07, 6.45) is 4.36. The number of amides is 3. The highest BCUT2D eigenvalue weighted by Gasteiger charge is 2.20. The maximum Gasteiger partial charge on any atom is 0.272 e. The van der Waals surface area contributed by atoms with Gasteiger partial charge in [-0.15, -0.1) is 0 Å². The molecule has 0 radical (unpaired) electrons. The standard InChI is InChI=1S/C33H31Cl2N5O5/c1-21-6-9-23-4-3-5-28(32(23)38-21)45-20-24-25(34)10-12-27(31(24)35)39(2)30(42)19-37-29(41)13-8-22-7-11-26(36-18-22)33(43)40-14-16-44-17-15-40/h3-13,18H,14-17,19-20H2,1-2H3,(H,37,41). The summed E-state index contributed by atoms with van der Waals surface area (Å²) in [4.78, 5) is 49.8. The molecule has 0 aliphatic carbocycles. The van der Waals surface area contributed by atoms with Crippen molar-refractivity contribution in [3.63, 3.8) is 0 Å². The number of halogens is 2. The van der Waals surface area contributed by atoms with E-state index in [-0.39, 0.29) is 24.1 Å². The lowest BCUT2D eigenvalue weighted by molar-refractivity contribution is -0.122. The number of carbonyl (C=O) groups excluding carboxylic acids is 3. The smallest absolute Gasteiger partial charge is 0.272 e. The fourth-order valence-corrected chi connectivity index (χ4v) is 5.27. The molecule has 0 saturated carbocycles. The number of ether oxygens (including phenoxy) is 2. The molecular formula is C33H31Cl2N5O5. The molecule has 232 valence electrons. The number of nitrogens with one attached hydrogen (secondary N) is 1. The number of fused-ring (bicyclic) bond motifs is 1. The van der Waals surface area contributed by atoms with Crippen LogP contribution in [0.3, 0.4) is 0 Å². The predicted molar refractivity (Wildman–Crippen MR) is 174 cm³/mol. The molecule has 1 saturated heterocycles. The van der Waals surface area contributed by atoms with E-state index in [0.29, 0.717) is 59.6 Å². The van der Waals surface area contributed by atoms with Gasteiger partial charge in [-0.2, -0.15) is 0 Å². The second-order valence-electron chi connectivity index (χ2n) is 10.3. The van der Waals surface area contributed by atoms with Crippen molar-refractivity contribution in [3.8, 4) is 5.75 Å². The third kappa shape index (κ3) is 7.78. The summed E-state index contributed by atoms with van der Waals surface area (Å²) < 4.78 is 11.4. The second-order valence-corrected chi connectivity index (χ2v) is 11.1. The Labute approximate surface area is 270 Å². The van der Waals surface area contributed by atoms with Crippen molar-refractivity contribution >= 4 is 63.6 Å². The largest absolute Gasteiger partial charge is 0.487 e. The number of aromatic nitrogens is 2. The predicted octanol–water partition coefficient (Wildman–Crippen LogP) is 5.09. The molecule has 10 nitrogen and oxygen atoms in total. The topological polar surface area (TPSA) is 114 Å². The van der Waals surface area contributed by atoms with Crippen LogP contribution in [-0.2, 0) is 20.9 Å². The second kappa shape index (κ2) is 14.5. The third-order valence-corrected chi connectivity index (χ3v) is 8.02. The Bertz CT molecular complexity index is 1760. The van der Waals surface area contributed by atoms with Crippen molar-refractivity contribution in [1.82, 2.24) is 20.2 Å². The van der Waals surface area contributed by atoms with Crippen LogP contribution in [0.1, 0.15) is 27.3 Å². The number of benzene rings is 2. The number of hydrogen-bond acceptors (Lipinski definition) is 7. The molecule has 0 unspecified atom stereocenters. The number of para-hydroxylation sites is 1. The first-order valence-corrected chi connectivity index (χ1v) is 15.0. The lowest BCUT2D eigenvalue weighted by atomic mass is 10.1. The minimum Gasteiger partial charge on any atom is -0.487 e. The van der Waals surface area contributed by atoms with Gasteiger partial charge in [-0.25, -0.2) is 4.98 Å². The lowest BCUT2D eigenvalue weighted by Crippen LogP contribution is -2.41. The normalized spacial score (nSPS) is 13.2. The van der Waals surface area contributed by atoms with Crippen molar-refractivity contribution in [2.24, 2.45) is 0 Å². The molecule has 0 atom stereocenters. The molecule has 45 heavy (non-hydrogen) atoms. The van der Waals surface area contributed by atoms with Crippen LogP contribution in [0.5, 0.6) is 5.75 Å². The van der Waals surface area contributed by atoms with Gasteiger partial charge < -0.3 is 24.6 Å². The lowest BCUT2D eigenvalue weighted by Gasteiger charge is -2.26. The van der Waals surface area contributed by atoms with E-state index in [0.717, 1.165) is 16.6 Å². The number of hydrogen-bond donors (Lipinski definition) is 1. The number of rotatable bonds is 9. The molecule has 3 heterocycles. The minimum absolute atomic E-state index is 0.0566. The Morgan fingerprint density at radius 3 is 2.62 bits per heavy atom. The highest BCUT2D eigenvalue weighted by Crippen LogP contribution is 2.35. The quantitative estimate of drug-likeness (QED) is 0.252. The first-order valence-electron chi connectivity index (χ1n) is 14.2. The molecule has 0 spiro atoms. The highest BCUT2D eigenvalue weighted by molar-refractivity contribution is 6.38. The number of anilines is 1. The highest BCUT2D eigenvalue weighted by atomic mass is 35.5. The van der Waals surface area contributed by atoms with Gasteiger partial charge in [0.1, 0.15) is 23.6 Å². The molecule has 5 rings (SSSR count). The molecule has 12 heteroatoms. The van der Waals surface area contributed by atoms with E-state index in [9.17, 15) is 14.4 Å². The van der Waals surface area contributed by atoms with Crippen LogP contribution in [0, 0.1) is 6.92 Å². The van der Waals surface area contributed by atoms with Crippen molar-refractivity contribution in [1.29, 1.82) is 0 Å². The first kappa shape index (κ1) is 31.9. The molecule has 1 aliphatic rings. The van der Waals surface area contributed by atoms with Crippen LogP contribution in [0.2, 0.25) is 10.0 Å². The van der Waals surface area contributed by atoms with Crippen molar-refractivity contribution in [2.45, 2.75) is 13.5 Å². The SMILES string of the molecule is Cc1ccc2cccc(OCc3c(Cl)ccc(N(C)C(=O)CNC(=O)C=Cc4ccc(C(=O)N5CCOCC5)nc4)c3Cl)c2n1. The average molecular weight is 649 g/mol. The van der Waals surface area contributed by atoms with E-state index in [4.69, 9.17) is 32.7 Å². The molecule has 4 aromatic rings. The van der Waals surface area contributed by atoms with Gasteiger partial charge in [0, 0.05) is 54.1 Å². The fraction of sp³-hybridized carbons (Fsp3) is 0.242. The Morgan fingerprint density at radius 1 is 1.07 bits per heavy atom. The summed E-state index contributed by atoms with van der Waals surface area (Å²) in [5.74, 6) is -0.441. The molecule has 3 amide bonds. The maximum atomic E-state index is 13.0. The van der Waals surface area contributed by atoms with Gasteiger partial charge in [0.2, 0.25) is 11.8 Å². The van der Waals surface area contributed by atoms with Gasteiger partial charge in [0.25, 0.3) is 5.91 Å². The summed E-state index contributed by atoms with van der Waals surface area (Å²) in [5.41, 5.74) is 3.47. The van der Waals surface area contributed by atoms with Crippen molar-refractivity contribution < 1.29 is 23.9 Å². The molecule has 1 fully saturated rings. The van der Waals surface area contributed by atoms with E-state index >= 15 is 0 Å². The molecule has 1 aliphatic heterocycles. The molecule has 2 aromatic heterocycles. The summed E-state index contributed by atoms with van der Waals surface area (Å²) >= 11 is 13.2. The van der Waals surface area contributed by atoms with Crippen LogP contribution < -0.4 is 15.0 Å². The average Bonchev–Trinajstić information content (AvgIpc) is 3.06. The zero-order valence-corrected chi connectivity index (χ0v) is 26.3. The van der Waals surface area contributed by atoms with E-state index in [1.165, 1.54) is 17.2 Å². The third-order valence-electron chi connectivity index (χ3n) is 7.24. The Hall–Kier alpha value is -4.51. The van der Waals surface area contributed by atoms with Crippen molar-refractivity contribution in [3.05, 3.63) is 99.4 Å². The van der Waals surface area contributed by atoms with Crippen LogP contribution in [-0.4, -0.2) is 72.5 Å². The minimum atomic E-state index is -0.472. The van der Waals surface area contributed by atoms with E-state index in [1.54, 1.807) is 42.3 Å². The zero-order valence-electron chi connectivity index (χ0n) is 24.8. The Kier molecular flexibility index (Phi) is 10.3. The number of aryl methyl sites for hydroxylation is 1. The molecule has 2 aromatic carbocycles. The molecular weight excluding hydrogens is 617 g/mol. The van der Waals surface area contributed by atoms with Gasteiger partial charge in [-0.05, 0) is 48.9 Å². The van der Waals surface area contributed by atoms with E-state index in [1.807, 2.05) is 37.3 Å². The van der Waals surface area contributed by atoms with Gasteiger partial charge in [0.05, 0.1) is 30.5 Å². The van der Waals surface area contributed by atoms with Gasteiger partial charge in [0.15, 0.2) is 0 Å². The summed E-state index contributed by atoms with van der Waals surface area (Å²) in [6, 6.07) is 16.2. The Balaban J connectivity index is 1.17.